The number of nitrogens with zero attached hydrogens (tertiary/aromatic N) is 1. The molecule has 3 fully saturated rings. The fraction of sp³-hybridized carbons (Fsp3) is 0.579. The lowest BCUT2D eigenvalue weighted by Crippen LogP contribution is -2.49. The first-order valence-electron chi connectivity index (χ1n) is 9.02. The van der Waals surface area contributed by atoms with Crippen LogP contribution in [0.5, 0.6) is 0 Å². The number of hydrogen-bond acceptors (Lipinski definition) is 2. The molecule has 0 unspecified atom stereocenters. The number of benzene rings is 1. The lowest BCUT2D eigenvalue weighted by molar-refractivity contribution is -0.149. The molecular formula is C19H23FN2O3. The van der Waals surface area contributed by atoms with Crippen molar-refractivity contribution in [2.75, 3.05) is 13.1 Å². The molecule has 1 aliphatic heterocycles. The normalized spacial score (nSPS) is 33.6. The highest BCUT2D eigenvalue weighted by Gasteiger charge is 2.56. The van der Waals surface area contributed by atoms with Crippen molar-refractivity contribution >= 4 is 12.0 Å². The van der Waals surface area contributed by atoms with Crippen molar-refractivity contribution in [3.8, 4) is 0 Å². The van der Waals surface area contributed by atoms with Gasteiger partial charge in [-0.2, -0.15) is 0 Å². The van der Waals surface area contributed by atoms with Crippen molar-refractivity contribution in [1.82, 2.24) is 10.2 Å². The van der Waals surface area contributed by atoms with Crippen LogP contribution in [-0.2, 0) is 4.79 Å². The number of rotatable bonds is 3. The zero-order valence-electron chi connectivity index (χ0n) is 14.1. The second-order valence-electron chi connectivity index (χ2n) is 7.80. The second kappa shape index (κ2) is 6.00. The number of fused-ring (bicyclic) bond motifs is 1. The Balaban J connectivity index is 1.32. The Kier molecular flexibility index (Phi) is 3.93. The zero-order chi connectivity index (χ0) is 17.6. The Morgan fingerprint density at radius 3 is 2.80 bits per heavy atom. The summed E-state index contributed by atoms with van der Waals surface area (Å²) in [5, 5.41) is 12.6. The molecule has 1 saturated heterocycles. The van der Waals surface area contributed by atoms with E-state index in [1.807, 2.05) is 6.07 Å². The monoisotopic (exact) mass is 346 g/mol. The summed E-state index contributed by atoms with van der Waals surface area (Å²) in [5.41, 5.74) is 0.243. The summed E-state index contributed by atoms with van der Waals surface area (Å²) in [7, 11) is 0. The van der Waals surface area contributed by atoms with Crippen LogP contribution in [0.2, 0.25) is 0 Å². The SMILES string of the molecule is O=C(NC1CC(c2cccc(F)c2)C1)N1C[C@@H]2CCC[C@@]2(C(=O)O)C1. The highest BCUT2D eigenvalue weighted by Crippen LogP contribution is 2.49. The number of nitrogens with one attached hydrogen (secondary N) is 1. The van der Waals surface area contributed by atoms with E-state index in [0.717, 1.165) is 31.2 Å². The predicted octanol–water partition coefficient (Wildman–Crippen LogP) is 2.97. The van der Waals surface area contributed by atoms with E-state index in [0.29, 0.717) is 19.5 Å². The van der Waals surface area contributed by atoms with Crippen LogP contribution in [0.3, 0.4) is 0 Å². The molecule has 134 valence electrons. The van der Waals surface area contributed by atoms with Gasteiger partial charge in [0.15, 0.2) is 0 Å². The number of carboxylic acid groups (broad SMARTS) is 1. The number of likely N-dealkylation sites (tertiary alicyclic amines) is 1. The molecule has 1 heterocycles. The van der Waals surface area contributed by atoms with E-state index in [9.17, 15) is 19.1 Å². The van der Waals surface area contributed by atoms with E-state index in [1.54, 1.807) is 17.0 Å². The molecule has 2 N–H and O–H groups in total. The molecule has 0 aromatic heterocycles. The second-order valence-corrected chi connectivity index (χ2v) is 7.80. The van der Waals surface area contributed by atoms with Crippen molar-refractivity contribution in [1.29, 1.82) is 0 Å². The number of aliphatic carboxylic acids is 1. The third kappa shape index (κ3) is 2.77. The van der Waals surface area contributed by atoms with E-state index in [1.165, 1.54) is 6.07 Å². The van der Waals surface area contributed by atoms with Crippen molar-refractivity contribution in [2.24, 2.45) is 11.3 Å². The van der Waals surface area contributed by atoms with E-state index >= 15 is 0 Å². The fourth-order valence-corrected chi connectivity index (χ4v) is 4.83. The number of carboxylic acids is 1. The molecule has 0 bridgehead atoms. The van der Waals surface area contributed by atoms with Gasteiger partial charge in [-0.1, -0.05) is 18.6 Å². The topological polar surface area (TPSA) is 69.6 Å². The number of halogens is 1. The Morgan fingerprint density at radius 1 is 1.32 bits per heavy atom. The molecule has 0 radical (unpaired) electrons. The minimum atomic E-state index is -0.764. The lowest BCUT2D eigenvalue weighted by atomic mass is 9.76. The van der Waals surface area contributed by atoms with Gasteiger partial charge in [-0.15, -0.1) is 0 Å². The molecule has 25 heavy (non-hydrogen) atoms. The van der Waals surface area contributed by atoms with Gasteiger partial charge in [0.2, 0.25) is 0 Å². The maximum atomic E-state index is 13.3. The van der Waals surface area contributed by atoms with Crippen molar-refractivity contribution in [3.05, 3.63) is 35.6 Å². The summed E-state index contributed by atoms with van der Waals surface area (Å²) in [5.74, 6) is -0.630. The highest BCUT2D eigenvalue weighted by atomic mass is 19.1. The lowest BCUT2D eigenvalue weighted by Gasteiger charge is -2.37. The van der Waals surface area contributed by atoms with Crippen LogP contribution < -0.4 is 5.32 Å². The molecule has 5 nitrogen and oxygen atoms in total. The maximum absolute atomic E-state index is 13.3. The molecule has 4 rings (SSSR count). The van der Waals surface area contributed by atoms with Crippen LogP contribution in [-0.4, -0.2) is 41.1 Å². The van der Waals surface area contributed by atoms with Gasteiger partial charge in [0.05, 0.1) is 5.41 Å². The molecular weight excluding hydrogens is 323 g/mol. The molecule has 2 atom stereocenters. The van der Waals surface area contributed by atoms with Crippen LogP contribution >= 0.6 is 0 Å². The molecule has 6 heteroatoms. The largest absolute Gasteiger partial charge is 0.481 e. The number of urea groups is 1. The van der Waals surface area contributed by atoms with E-state index in [2.05, 4.69) is 5.32 Å². The summed E-state index contributed by atoms with van der Waals surface area (Å²) in [6.45, 7) is 0.858. The fourth-order valence-electron chi connectivity index (χ4n) is 4.83. The molecule has 2 saturated carbocycles. The Bertz CT molecular complexity index is 704. The van der Waals surface area contributed by atoms with Crippen molar-refractivity contribution in [2.45, 2.75) is 44.1 Å². The summed E-state index contributed by atoms with van der Waals surface area (Å²) in [6, 6.07) is 6.56. The standard InChI is InChI=1S/C19H23FN2O3/c20-15-5-1-3-12(7-15)13-8-16(9-13)21-18(25)22-10-14-4-2-6-19(14,11-22)17(23)24/h1,3,5,7,13-14,16H,2,4,6,8-11H2,(H,21,25)(H,23,24)/t13?,14-,16?,19+/m0/s1. The van der Waals surface area contributed by atoms with E-state index < -0.39 is 11.4 Å². The van der Waals surface area contributed by atoms with Crippen LogP contribution in [0.25, 0.3) is 0 Å². The van der Waals surface area contributed by atoms with Gasteiger partial charge in [-0.25, -0.2) is 9.18 Å². The number of carbonyl (C=O) groups excluding carboxylic acids is 1. The third-order valence-electron chi connectivity index (χ3n) is 6.37. The smallest absolute Gasteiger partial charge is 0.317 e. The predicted molar refractivity (Wildman–Crippen MR) is 89.7 cm³/mol. The maximum Gasteiger partial charge on any atom is 0.317 e. The number of carbonyl (C=O) groups is 2. The van der Waals surface area contributed by atoms with Gasteiger partial charge < -0.3 is 15.3 Å². The minimum Gasteiger partial charge on any atom is -0.481 e. The van der Waals surface area contributed by atoms with Gasteiger partial charge in [-0.3, -0.25) is 4.79 Å². The van der Waals surface area contributed by atoms with Crippen LogP contribution in [0, 0.1) is 17.2 Å². The summed E-state index contributed by atoms with van der Waals surface area (Å²) < 4.78 is 13.3. The van der Waals surface area contributed by atoms with Crippen LogP contribution in [0.4, 0.5) is 9.18 Å². The van der Waals surface area contributed by atoms with Gasteiger partial charge >= 0.3 is 12.0 Å². The van der Waals surface area contributed by atoms with Gasteiger partial charge in [-0.05, 0) is 55.2 Å². The quantitative estimate of drug-likeness (QED) is 0.884. The molecule has 2 amide bonds. The Hall–Kier alpha value is -2.11. The highest BCUT2D eigenvalue weighted by molar-refractivity contribution is 5.80. The van der Waals surface area contributed by atoms with E-state index in [-0.39, 0.29) is 29.7 Å². The van der Waals surface area contributed by atoms with Gasteiger partial charge in [0.1, 0.15) is 5.82 Å². The van der Waals surface area contributed by atoms with Crippen molar-refractivity contribution in [3.63, 3.8) is 0 Å². The zero-order valence-corrected chi connectivity index (χ0v) is 14.1. The average Bonchev–Trinajstić information content (AvgIpc) is 3.08. The average molecular weight is 346 g/mol. The van der Waals surface area contributed by atoms with Gasteiger partial charge in [0, 0.05) is 19.1 Å². The minimum absolute atomic E-state index is 0.0807. The van der Waals surface area contributed by atoms with Gasteiger partial charge in [0.25, 0.3) is 0 Å². The summed E-state index contributed by atoms with van der Waals surface area (Å²) >= 11 is 0. The first kappa shape index (κ1) is 16.4. The summed E-state index contributed by atoms with van der Waals surface area (Å²) in [4.78, 5) is 25.9. The molecule has 1 aromatic carbocycles. The number of amides is 2. The first-order valence-corrected chi connectivity index (χ1v) is 9.02. The van der Waals surface area contributed by atoms with Crippen LogP contribution in [0.1, 0.15) is 43.6 Å². The van der Waals surface area contributed by atoms with Crippen LogP contribution in [0.15, 0.2) is 24.3 Å². The summed E-state index contributed by atoms with van der Waals surface area (Å²) in [6.07, 6.45) is 4.10. The molecule has 2 aliphatic carbocycles. The first-order chi connectivity index (χ1) is 12.0. The third-order valence-corrected chi connectivity index (χ3v) is 6.37. The number of hydrogen-bond donors (Lipinski definition) is 2. The Morgan fingerprint density at radius 2 is 2.12 bits per heavy atom. The molecule has 1 aromatic rings. The van der Waals surface area contributed by atoms with Crippen molar-refractivity contribution < 1.29 is 19.1 Å². The molecule has 0 spiro atoms. The van der Waals surface area contributed by atoms with E-state index in [4.69, 9.17) is 0 Å². The Labute approximate surface area is 146 Å². The molecule has 3 aliphatic rings.